The van der Waals surface area contributed by atoms with Crippen molar-refractivity contribution < 1.29 is 38.1 Å². The Kier molecular flexibility index (Phi) is 7.62. The Morgan fingerprint density at radius 1 is 1.18 bits per heavy atom. The van der Waals surface area contributed by atoms with Gasteiger partial charge in [-0.05, 0) is 49.4 Å². The van der Waals surface area contributed by atoms with E-state index in [1.54, 1.807) is 13.0 Å². The molecule has 4 heterocycles. The van der Waals surface area contributed by atoms with Gasteiger partial charge in [-0.3, -0.25) is 19.2 Å². The molecule has 6 N–H and O–H groups in total. The molecule has 0 saturated heterocycles. The number of cyclic esters (lactones) is 1. The minimum Gasteiger partial charge on any atom is -0.458 e. The highest BCUT2D eigenvalue weighted by atomic mass is 19.1. The van der Waals surface area contributed by atoms with Gasteiger partial charge in [-0.15, -0.1) is 0 Å². The third-order valence-electron chi connectivity index (χ3n) is 8.58. The molecule has 0 spiro atoms. The summed E-state index contributed by atoms with van der Waals surface area (Å²) < 4.78 is 26.7. The second kappa shape index (κ2) is 11.3. The largest absolute Gasteiger partial charge is 0.458 e. The number of benzene rings is 1. The summed E-state index contributed by atoms with van der Waals surface area (Å²) in [5.41, 5.74) is 6.64. The first kappa shape index (κ1) is 30.3. The number of nitrogens with one attached hydrogen (secondary N) is 3. The van der Waals surface area contributed by atoms with Crippen LogP contribution in [0.1, 0.15) is 52.8 Å². The molecule has 2 atom stereocenters. The Hall–Kier alpha value is -4.73. The average Bonchev–Trinajstić information content (AvgIpc) is 3.38. The molecule has 15 heteroatoms. The molecule has 3 aromatic rings. The summed E-state index contributed by atoms with van der Waals surface area (Å²) in [6.07, 6.45) is 0.877. The van der Waals surface area contributed by atoms with Gasteiger partial charge >= 0.3 is 5.97 Å². The highest BCUT2D eigenvalue weighted by Crippen LogP contribution is 2.45. The lowest BCUT2D eigenvalue weighted by Gasteiger charge is -2.30. The van der Waals surface area contributed by atoms with E-state index in [-0.39, 0.29) is 44.1 Å². The van der Waals surface area contributed by atoms with Gasteiger partial charge in [-0.25, -0.2) is 14.2 Å². The third-order valence-corrected chi connectivity index (χ3v) is 8.58. The first-order valence-corrected chi connectivity index (χ1v) is 14.3. The Morgan fingerprint density at radius 2 is 1.96 bits per heavy atom. The number of fused-ring (bicyclic) bond motifs is 5. The number of ether oxygens (including phenoxy) is 2. The fourth-order valence-electron chi connectivity index (χ4n) is 6.27. The topological polar surface area (TPSA) is 204 Å². The molecule has 2 aliphatic heterocycles. The van der Waals surface area contributed by atoms with Crippen molar-refractivity contribution in [3.05, 3.63) is 61.7 Å². The number of rotatable bonds is 8. The molecule has 1 aromatic carbocycles. The second-order valence-electron chi connectivity index (χ2n) is 11.4. The van der Waals surface area contributed by atoms with Crippen molar-refractivity contribution in [3.63, 3.8) is 0 Å². The van der Waals surface area contributed by atoms with Crippen molar-refractivity contribution in [1.29, 1.82) is 0 Å². The molecule has 6 rings (SSSR count). The standard InChI is InChI=1S/C30H31FN6O8/c1-13-14-3-4-19(35-23(39)8-33-24(40)11-44-12-34-22(38)7-32)26-15-9-37-21(27(15)36-20(25(14)26)6-18(13)31)5-17-16(28(37)41)10-45-29(42)30(17,2)43/h5-6,19,43H,3-4,7-12,32H2,1-2H3,(H,33,40)(H,34,38)(H,35,39)/t19-,30-/m0/s1. The molecule has 3 aliphatic rings. The van der Waals surface area contributed by atoms with E-state index in [1.165, 1.54) is 17.6 Å². The summed E-state index contributed by atoms with van der Waals surface area (Å²) in [7, 11) is 0. The number of aromatic nitrogens is 2. The number of nitrogens with two attached hydrogens (primary N) is 1. The van der Waals surface area contributed by atoms with Crippen LogP contribution in [0, 0.1) is 12.7 Å². The second-order valence-corrected chi connectivity index (χ2v) is 11.4. The van der Waals surface area contributed by atoms with Gasteiger partial charge in [-0.2, -0.15) is 0 Å². The molecular weight excluding hydrogens is 591 g/mol. The van der Waals surface area contributed by atoms with Gasteiger partial charge in [0.05, 0.1) is 48.1 Å². The van der Waals surface area contributed by atoms with Crippen molar-refractivity contribution >= 4 is 34.6 Å². The van der Waals surface area contributed by atoms with E-state index in [1.807, 2.05) is 0 Å². The minimum atomic E-state index is -2.04. The summed E-state index contributed by atoms with van der Waals surface area (Å²) in [6, 6.07) is 2.32. The van der Waals surface area contributed by atoms with Crippen molar-refractivity contribution in [1.82, 2.24) is 25.5 Å². The van der Waals surface area contributed by atoms with Crippen LogP contribution in [0.3, 0.4) is 0 Å². The number of hydrogen-bond acceptors (Lipinski definition) is 10. The van der Waals surface area contributed by atoms with Crippen LogP contribution in [0.15, 0.2) is 16.9 Å². The number of halogens is 1. The molecule has 0 fully saturated rings. The van der Waals surface area contributed by atoms with Gasteiger partial charge in [0.15, 0.2) is 5.60 Å². The normalized spacial score (nSPS) is 19.3. The lowest BCUT2D eigenvalue weighted by molar-refractivity contribution is -0.169. The molecular formula is C30H31FN6O8. The molecule has 236 valence electrons. The van der Waals surface area contributed by atoms with E-state index in [4.69, 9.17) is 20.2 Å². The summed E-state index contributed by atoms with van der Waals surface area (Å²) in [6.45, 7) is 1.59. The smallest absolute Gasteiger partial charge is 0.342 e. The quantitative estimate of drug-likeness (QED) is 0.0960. The van der Waals surface area contributed by atoms with E-state index in [9.17, 15) is 29.1 Å². The van der Waals surface area contributed by atoms with E-state index >= 15 is 4.39 Å². The van der Waals surface area contributed by atoms with Gasteiger partial charge < -0.3 is 40.8 Å². The van der Waals surface area contributed by atoms with Crippen molar-refractivity contribution in [2.45, 2.75) is 51.5 Å². The van der Waals surface area contributed by atoms with E-state index in [0.717, 1.165) is 5.56 Å². The molecule has 1 aliphatic carbocycles. The summed E-state index contributed by atoms with van der Waals surface area (Å²) in [5, 5.41) is 19.4. The maximum atomic E-state index is 15.1. The Balaban J connectivity index is 1.32. The Bertz CT molecular complexity index is 1870. The number of amides is 3. The highest BCUT2D eigenvalue weighted by molar-refractivity contribution is 5.94. The van der Waals surface area contributed by atoms with Crippen LogP contribution >= 0.6 is 0 Å². The molecule has 14 nitrogen and oxygen atoms in total. The predicted octanol–water partition coefficient (Wildman–Crippen LogP) is -0.594. The highest BCUT2D eigenvalue weighted by Gasteiger charge is 2.43. The molecule has 45 heavy (non-hydrogen) atoms. The zero-order valence-corrected chi connectivity index (χ0v) is 24.5. The number of aryl methyl sites for hydroxylation is 1. The molecule has 0 bridgehead atoms. The maximum Gasteiger partial charge on any atom is 0.342 e. The van der Waals surface area contributed by atoms with Gasteiger partial charge in [0, 0.05) is 22.6 Å². The van der Waals surface area contributed by atoms with Crippen LogP contribution in [0.25, 0.3) is 22.3 Å². The van der Waals surface area contributed by atoms with E-state index < -0.39 is 53.3 Å². The number of aliphatic hydroxyl groups is 1. The molecule has 0 saturated carbocycles. The predicted molar refractivity (Wildman–Crippen MR) is 155 cm³/mol. The van der Waals surface area contributed by atoms with E-state index in [2.05, 4.69) is 16.0 Å². The average molecular weight is 623 g/mol. The minimum absolute atomic E-state index is 0.0994. The maximum absolute atomic E-state index is 15.1. The van der Waals surface area contributed by atoms with Gasteiger partial charge in [0.2, 0.25) is 17.7 Å². The number of esters is 1. The number of carbonyl (C=O) groups excluding carboxylic acids is 4. The van der Waals surface area contributed by atoms with Crippen LogP contribution < -0.4 is 27.2 Å². The lowest BCUT2D eigenvalue weighted by Crippen LogP contribution is -2.42. The zero-order chi connectivity index (χ0) is 32.2. The Morgan fingerprint density at radius 3 is 2.71 bits per heavy atom. The first-order chi connectivity index (χ1) is 21.4. The number of carbonyl (C=O) groups is 4. The summed E-state index contributed by atoms with van der Waals surface area (Å²) in [5.74, 6) is -2.81. The Labute approximate surface area is 255 Å². The SMILES string of the molecule is Cc1c(F)cc2nc3c(c4c2c1CC[C@@H]4NC(=O)CNC(=O)COCNC(=O)CN)Cn1c-3cc2c(c1=O)COC(=O)[C@@]2(C)O. The van der Waals surface area contributed by atoms with Crippen LogP contribution in [0.4, 0.5) is 4.39 Å². The van der Waals surface area contributed by atoms with Crippen molar-refractivity contribution in [2.75, 3.05) is 26.4 Å². The fourth-order valence-corrected chi connectivity index (χ4v) is 6.27. The van der Waals surface area contributed by atoms with Crippen LogP contribution in [0.2, 0.25) is 0 Å². The molecule has 0 unspecified atom stereocenters. The van der Waals surface area contributed by atoms with Crippen LogP contribution in [-0.4, -0.2) is 64.8 Å². The first-order valence-electron chi connectivity index (χ1n) is 14.3. The molecule has 0 radical (unpaired) electrons. The van der Waals surface area contributed by atoms with Crippen molar-refractivity contribution in [3.8, 4) is 11.4 Å². The zero-order valence-electron chi connectivity index (χ0n) is 24.5. The third kappa shape index (κ3) is 5.11. The molecule has 2 aromatic heterocycles. The summed E-state index contributed by atoms with van der Waals surface area (Å²) in [4.78, 5) is 67.1. The van der Waals surface area contributed by atoms with Gasteiger partial charge in [-0.1, -0.05) is 0 Å². The number of nitrogens with zero attached hydrogens (tertiary/aromatic N) is 2. The monoisotopic (exact) mass is 622 g/mol. The van der Waals surface area contributed by atoms with Crippen LogP contribution in [0.5, 0.6) is 0 Å². The molecule has 3 amide bonds. The number of hydrogen-bond donors (Lipinski definition) is 5. The van der Waals surface area contributed by atoms with Gasteiger partial charge in [0.1, 0.15) is 25.8 Å². The number of pyridine rings is 2. The summed E-state index contributed by atoms with van der Waals surface area (Å²) >= 11 is 0. The fraction of sp³-hybridized carbons (Fsp3) is 0.400. The van der Waals surface area contributed by atoms with Crippen molar-refractivity contribution in [2.24, 2.45) is 5.73 Å². The van der Waals surface area contributed by atoms with Gasteiger partial charge in [0.25, 0.3) is 5.56 Å². The van der Waals surface area contributed by atoms with Crippen LogP contribution in [-0.2, 0) is 53.8 Å². The van der Waals surface area contributed by atoms with E-state index in [0.29, 0.717) is 51.8 Å². The lowest BCUT2D eigenvalue weighted by atomic mass is 9.81.